The average Bonchev–Trinajstić information content (AvgIpc) is 2.63. The van der Waals surface area contributed by atoms with E-state index < -0.39 is 4.92 Å². The van der Waals surface area contributed by atoms with Crippen molar-refractivity contribution in [3.8, 4) is 5.75 Å². The molecule has 0 aliphatic carbocycles. The first-order valence-electron chi connectivity index (χ1n) is 7.97. The SMILES string of the molecule is COc1ccc(F)cc1CN1CCN(c2ccc([N+](=O)[O-])cn2)CC1. The Hall–Kier alpha value is -2.74. The number of ether oxygens (including phenoxy) is 1. The number of rotatable bonds is 5. The number of piperazine rings is 1. The van der Waals surface area contributed by atoms with Gasteiger partial charge in [0.15, 0.2) is 0 Å². The molecule has 1 aliphatic heterocycles. The zero-order valence-corrected chi connectivity index (χ0v) is 13.9. The van der Waals surface area contributed by atoms with Gasteiger partial charge in [-0.1, -0.05) is 0 Å². The van der Waals surface area contributed by atoms with E-state index in [0.29, 0.717) is 12.3 Å². The highest BCUT2D eigenvalue weighted by atomic mass is 19.1. The van der Waals surface area contributed by atoms with Gasteiger partial charge in [0, 0.05) is 44.4 Å². The van der Waals surface area contributed by atoms with E-state index in [-0.39, 0.29) is 11.5 Å². The Labute approximate surface area is 144 Å². The molecule has 1 aromatic carbocycles. The third kappa shape index (κ3) is 4.03. The molecule has 0 bridgehead atoms. The van der Waals surface area contributed by atoms with Gasteiger partial charge in [0.25, 0.3) is 5.69 Å². The third-order valence-corrected chi connectivity index (χ3v) is 4.28. The van der Waals surface area contributed by atoms with Crippen molar-refractivity contribution >= 4 is 11.5 Å². The van der Waals surface area contributed by atoms with Crippen molar-refractivity contribution in [1.82, 2.24) is 9.88 Å². The maximum Gasteiger partial charge on any atom is 0.287 e. The largest absolute Gasteiger partial charge is 0.496 e. The molecule has 25 heavy (non-hydrogen) atoms. The summed E-state index contributed by atoms with van der Waals surface area (Å²) < 4.78 is 18.8. The number of halogens is 1. The Morgan fingerprint density at radius 2 is 2.00 bits per heavy atom. The second-order valence-corrected chi connectivity index (χ2v) is 5.85. The number of nitrogens with zero attached hydrogens (tertiary/aromatic N) is 4. The van der Waals surface area contributed by atoms with E-state index in [0.717, 1.165) is 37.6 Å². The number of nitro groups is 1. The third-order valence-electron chi connectivity index (χ3n) is 4.28. The van der Waals surface area contributed by atoms with Crippen LogP contribution in [0.2, 0.25) is 0 Å². The minimum atomic E-state index is -0.457. The highest BCUT2D eigenvalue weighted by Gasteiger charge is 2.20. The van der Waals surface area contributed by atoms with Crippen molar-refractivity contribution in [2.45, 2.75) is 6.54 Å². The maximum atomic E-state index is 13.5. The molecule has 0 N–H and O–H groups in total. The standard InChI is InChI=1S/C17H19FN4O3/c1-25-16-4-2-14(18)10-13(16)12-20-6-8-21(9-7-20)17-5-3-15(11-19-17)22(23)24/h2-5,10-11H,6-9,12H2,1H3. The van der Waals surface area contributed by atoms with Crippen LogP contribution in [-0.4, -0.2) is 48.1 Å². The Balaban J connectivity index is 1.60. The number of hydrogen-bond acceptors (Lipinski definition) is 6. The maximum absolute atomic E-state index is 13.5. The van der Waals surface area contributed by atoms with Gasteiger partial charge in [-0.3, -0.25) is 15.0 Å². The van der Waals surface area contributed by atoms with Gasteiger partial charge >= 0.3 is 0 Å². The van der Waals surface area contributed by atoms with Gasteiger partial charge < -0.3 is 9.64 Å². The first-order valence-corrected chi connectivity index (χ1v) is 7.97. The number of methoxy groups -OCH3 is 1. The molecule has 0 radical (unpaired) electrons. The van der Waals surface area contributed by atoms with Crippen LogP contribution in [-0.2, 0) is 6.54 Å². The molecule has 1 fully saturated rings. The molecule has 0 spiro atoms. The van der Waals surface area contributed by atoms with E-state index >= 15 is 0 Å². The average molecular weight is 346 g/mol. The van der Waals surface area contributed by atoms with Gasteiger partial charge in [-0.25, -0.2) is 9.37 Å². The van der Waals surface area contributed by atoms with Crippen LogP contribution in [0.3, 0.4) is 0 Å². The van der Waals surface area contributed by atoms with Crippen LogP contribution < -0.4 is 9.64 Å². The van der Waals surface area contributed by atoms with Gasteiger partial charge in [0.2, 0.25) is 0 Å². The molecule has 132 valence electrons. The molecule has 7 nitrogen and oxygen atoms in total. The van der Waals surface area contributed by atoms with Gasteiger partial charge in [-0.15, -0.1) is 0 Å². The summed E-state index contributed by atoms with van der Waals surface area (Å²) in [6, 6.07) is 7.67. The second-order valence-electron chi connectivity index (χ2n) is 5.85. The topological polar surface area (TPSA) is 71.7 Å². The molecular weight excluding hydrogens is 327 g/mol. The van der Waals surface area contributed by atoms with E-state index in [9.17, 15) is 14.5 Å². The predicted octanol–water partition coefficient (Wildman–Crippen LogP) is 2.46. The fourth-order valence-electron chi connectivity index (χ4n) is 2.92. The lowest BCUT2D eigenvalue weighted by Crippen LogP contribution is -2.46. The normalized spacial score (nSPS) is 15.2. The van der Waals surface area contributed by atoms with Crippen LogP contribution in [0.1, 0.15) is 5.56 Å². The zero-order valence-electron chi connectivity index (χ0n) is 13.9. The predicted molar refractivity (Wildman–Crippen MR) is 91.3 cm³/mol. The number of benzene rings is 1. The molecule has 2 heterocycles. The monoisotopic (exact) mass is 346 g/mol. The summed E-state index contributed by atoms with van der Waals surface area (Å²) in [6.45, 7) is 3.70. The lowest BCUT2D eigenvalue weighted by molar-refractivity contribution is -0.385. The van der Waals surface area contributed by atoms with Gasteiger partial charge in [-0.05, 0) is 24.3 Å². The summed E-state index contributed by atoms with van der Waals surface area (Å²) in [6.07, 6.45) is 1.28. The molecule has 2 aromatic rings. The Kier molecular flexibility index (Phi) is 5.08. The summed E-state index contributed by atoms with van der Waals surface area (Å²) in [5, 5.41) is 10.7. The Morgan fingerprint density at radius 1 is 1.24 bits per heavy atom. The summed E-state index contributed by atoms with van der Waals surface area (Å²) in [5.74, 6) is 1.14. The number of aromatic nitrogens is 1. The van der Waals surface area contributed by atoms with Gasteiger partial charge in [0.05, 0.1) is 12.0 Å². The zero-order chi connectivity index (χ0) is 17.8. The highest BCUT2D eigenvalue weighted by Crippen LogP contribution is 2.23. The first-order chi connectivity index (χ1) is 12.1. The quantitative estimate of drug-likeness (QED) is 0.612. The van der Waals surface area contributed by atoms with Crippen molar-refractivity contribution in [3.63, 3.8) is 0 Å². The summed E-state index contributed by atoms with van der Waals surface area (Å²) in [5.41, 5.74) is 0.810. The van der Waals surface area contributed by atoms with Crippen LogP contribution in [0.5, 0.6) is 5.75 Å². The van der Waals surface area contributed by atoms with E-state index in [1.807, 2.05) is 0 Å². The number of hydrogen-bond donors (Lipinski definition) is 0. The van der Waals surface area contributed by atoms with E-state index in [1.165, 1.54) is 24.4 Å². The molecule has 0 unspecified atom stereocenters. The van der Waals surface area contributed by atoms with Crippen molar-refractivity contribution < 1.29 is 14.1 Å². The van der Waals surface area contributed by atoms with Crippen molar-refractivity contribution in [2.75, 3.05) is 38.2 Å². The number of pyridine rings is 1. The summed E-state index contributed by atoms with van der Waals surface area (Å²) in [7, 11) is 1.58. The highest BCUT2D eigenvalue weighted by molar-refractivity contribution is 5.43. The first kappa shape index (κ1) is 17.1. The molecule has 1 aliphatic rings. The molecule has 3 rings (SSSR count). The Morgan fingerprint density at radius 3 is 2.60 bits per heavy atom. The molecule has 0 saturated carbocycles. The fraction of sp³-hybridized carbons (Fsp3) is 0.353. The fourth-order valence-corrected chi connectivity index (χ4v) is 2.92. The van der Waals surface area contributed by atoms with Crippen molar-refractivity contribution in [1.29, 1.82) is 0 Å². The minimum absolute atomic E-state index is 0.0133. The lowest BCUT2D eigenvalue weighted by Gasteiger charge is -2.35. The van der Waals surface area contributed by atoms with Crippen molar-refractivity contribution in [2.24, 2.45) is 0 Å². The van der Waals surface area contributed by atoms with Crippen LogP contribution in [0.4, 0.5) is 15.9 Å². The molecule has 1 aromatic heterocycles. The van der Waals surface area contributed by atoms with Gasteiger partial charge in [-0.2, -0.15) is 0 Å². The second kappa shape index (κ2) is 7.43. The van der Waals surface area contributed by atoms with Crippen LogP contribution in [0.25, 0.3) is 0 Å². The molecule has 8 heteroatoms. The smallest absolute Gasteiger partial charge is 0.287 e. The van der Waals surface area contributed by atoms with Crippen LogP contribution >= 0.6 is 0 Å². The van der Waals surface area contributed by atoms with E-state index in [1.54, 1.807) is 19.2 Å². The molecule has 0 amide bonds. The van der Waals surface area contributed by atoms with Crippen LogP contribution in [0.15, 0.2) is 36.5 Å². The van der Waals surface area contributed by atoms with Gasteiger partial charge in [0.1, 0.15) is 23.6 Å². The van der Waals surface area contributed by atoms with E-state index in [4.69, 9.17) is 4.74 Å². The van der Waals surface area contributed by atoms with Crippen molar-refractivity contribution in [3.05, 3.63) is 58.0 Å². The summed E-state index contributed by atoms with van der Waals surface area (Å²) in [4.78, 5) is 18.7. The van der Waals surface area contributed by atoms with Crippen LogP contribution in [0, 0.1) is 15.9 Å². The minimum Gasteiger partial charge on any atom is -0.496 e. The van der Waals surface area contributed by atoms with E-state index in [2.05, 4.69) is 14.8 Å². The molecular formula is C17H19FN4O3. The molecule has 0 atom stereocenters. The summed E-state index contributed by atoms with van der Waals surface area (Å²) >= 11 is 0. The molecule has 1 saturated heterocycles. The number of anilines is 1. The lowest BCUT2D eigenvalue weighted by atomic mass is 10.1. The Bertz CT molecular complexity index is 746.